The maximum atomic E-state index is 14.0. The molecule has 0 radical (unpaired) electrons. The van der Waals surface area contributed by atoms with E-state index in [2.05, 4.69) is 0 Å². The largest absolute Gasteiger partial charge is 0.490 e. The zero-order valence-corrected chi connectivity index (χ0v) is 12.3. The third-order valence-electron chi connectivity index (χ3n) is 3.18. The minimum absolute atomic E-state index is 0.255. The van der Waals surface area contributed by atoms with Gasteiger partial charge in [-0.2, -0.15) is 0 Å². The van der Waals surface area contributed by atoms with Gasteiger partial charge in [0.2, 0.25) is 0 Å². The Morgan fingerprint density at radius 3 is 2.62 bits per heavy atom. The van der Waals surface area contributed by atoms with Gasteiger partial charge < -0.3 is 15.2 Å². The topological polar surface area (TPSA) is 44.5 Å². The third kappa shape index (κ3) is 3.31. The Labute approximate surface area is 127 Å². The molecule has 2 N–H and O–H groups in total. The van der Waals surface area contributed by atoms with E-state index in [1.54, 1.807) is 6.07 Å². The van der Waals surface area contributed by atoms with Gasteiger partial charge in [0, 0.05) is 22.8 Å². The van der Waals surface area contributed by atoms with Gasteiger partial charge in [-0.3, -0.25) is 0 Å². The molecule has 0 bridgehead atoms. The minimum Gasteiger partial charge on any atom is -0.490 e. The summed E-state index contributed by atoms with van der Waals surface area (Å²) in [6.45, 7) is 1.64. The molecule has 1 heterocycles. The van der Waals surface area contributed by atoms with Crippen LogP contribution in [0.5, 0.6) is 11.5 Å². The molecule has 0 saturated heterocycles. The lowest BCUT2D eigenvalue weighted by atomic mass is 10.2. The van der Waals surface area contributed by atoms with Crippen LogP contribution >= 0.6 is 11.8 Å². The molecular formula is C16H16FNO2S. The highest BCUT2D eigenvalue weighted by atomic mass is 32.2. The van der Waals surface area contributed by atoms with Crippen molar-refractivity contribution in [3.05, 3.63) is 47.8 Å². The van der Waals surface area contributed by atoms with Crippen LogP contribution in [0.1, 0.15) is 12.0 Å². The van der Waals surface area contributed by atoms with Crippen LogP contribution in [0.2, 0.25) is 0 Å². The minimum atomic E-state index is -0.255. The van der Waals surface area contributed by atoms with Crippen LogP contribution in [0.4, 0.5) is 4.39 Å². The average molecular weight is 305 g/mol. The second-order valence-corrected chi connectivity index (χ2v) is 5.85. The van der Waals surface area contributed by atoms with Crippen molar-refractivity contribution in [3.8, 4) is 11.5 Å². The van der Waals surface area contributed by atoms with Gasteiger partial charge in [0.1, 0.15) is 5.82 Å². The fourth-order valence-corrected chi connectivity index (χ4v) is 2.94. The first-order chi connectivity index (χ1) is 10.3. The first-order valence-electron chi connectivity index (χ1n) is 6.82. The van der Waals surface area contributed by atoms with Crippen LogP contribution in [0.15, 0.2) is 46.2 Å². The van der Waals surface area contributed by atoms with Crippen molar-refractivity contribution in [2.75, 3.05) is 13.2 Å². The van der Waals surface area contributed by atoms with Crippen molar-refractivity contribution in [1.29, 1.82) is 0 Å². The van der Waals surface area contributed by atoms with Crippen molar-refractivity contribution in [1.82, 2.24) is 0 Å². The highest BCUT2D eigenvalue weighted by molar-refractivity contribution is 7.99. The highest BCUT2D eigenvalue weighted by Gasteiger charge is 2.12. The SMILES string of the molecule is NCc1ccc(Sc2ccc3c(c2)OCCCO3)c(F)c1. The Bertz CT molecular complexity index is 648. The molecule has 0 amide bonds. The summed E-state index contributed by atoms with van der Waals surface area (Å²) in [6.07, 6.45) is 0.867. The standard InChI is InChI=1S/C16H16FNO2S/c17-13-8-11(10-18)2-5-16(13)21-12-3-4-14-15(9-12)20-7-1-6-19-14/h2-5,8-9H,1,6-7,10,18H2. The lowest BCUT2D eigenvalue weighted by molar-refractivity contribution is 0.297. The van der Waals surface area contributed by atoms with Gasteiger partial charge in [-0.05, 0) is 35.9 Å². The van der Waals surface area contributed by atoms with Gasteiger partial charge in [0.15, 0.2) is 11.5 Å². The van der Waals surface area contributed by atoms with E-state index < -0.39 is 0 Å². The highest BCUT2D eigenvalue weighted by Crippen LogP contribution is 2.37. The number of ether oxygens (including phenoxy) is 2. The van der Waals surface area contributed by atoms with Crippen LogP contribution in [0.25, 0.3) is 0 Å². The lowest BCUT2D eigenvalue weighted by Crippen LogP contribution is -1.97. The second-order valence-electron chi connectivity index (χ2n) is 4.73. The normalized spacial score (nSPS) is 13.8. The van der Waals surface area contributed by atoms with Crippen molar-refractivity contribution < 1.29 is 13.9 Å². The smallest absolute Gasteiger partial charge is 0.162 e. The van der Waals surface area contributed by atoms with Crippen molar-refractivity contribution in [3.63, 3.8) is 0 Å². The Balaban J connectivity index is 1.83. The van der Waals surface area contributed by atoms with Gasteiger partial charge in [-0.25, -0.2) is 4.39 Å². The van der Waals surface area contributed by atoms with E-state index in [9.17, 15) is 4.39 Å². The molecule has 2 aromatic rings. The van der Waals surface area contributed by atoms with Crippen LogP contribution in [-0.2, 0) is 6.54 Å². The predicted octanol–water partition coefficient (Wildman–Crippen LogP) is 3.60. The van der Waals surface area contributed by atoms with Crippen LogP contribution in [-0.4, -0.2) is 13.2 Å². The molecule has 0 saturated carbocycles. The summed E-state index contributed by atoms with van der Waals surface area (Å²) >= 11 is 1.36. The average Bonchev–Trinajstić information content (AvgIpc) is 2.74. The number of halogens is 1. The monoisotopic (exact) mass is 305 g/mol. The molecule has 2 aromatic carbocycles. The van der Waals surface area contributed by atoms with Crippen molar-refractivity contribution in [2.45, 2.75) is 22.8 Å². The zero-order valence-electron chi connectivity index (χ0n) is 11.5. The molecule has 0 atom stereocenters. The summed E-state index contributed by atoms with van der Waals surface area (Å²) < 4.78 is 25.2. The molecule has 0 aliphatic carbocycles. The lowest BCUT2D eigenvalue weighted by Gasteiger charge is -2.10. The van der Waals surface area contributed by atoms with Crippen LogP contribution < -0.4 is 15.2 Å². The van der Waals surface area contributed by atoms with E-state index in [-0.39, 0.29) is 5.82 Å². The zero-order chi connectivity index (χ0) is 14.7. The van der Waals surface area contributed by atoms with E-state index in [0.717, 1.165) is 28.4 Å². The van der Waals surface area contributed by atoms with E-state index in [1.807, 2.05) is 24.3 Å². The molecule has 5 heteroatoms. The maximum absolute atomic E-state index is 14.0. The summed E-state index contributed by atoms with van der Waals surface area (Å²) in [5.74, 6) is 1.21. The molecule has 110 valence electrons. The third-order valence-corrected chi connectivity index (χ3v) is 4.22. The second kappa shape index (κ2) is 6.37. The predicted molar refractivity (Wildman–Crippen MR) is 80.5 cm³/mol. The Morgan fingerprint density at radius 1 is 1.05 bits per heavy atom. The van der Waals surface area contributed by atoms with Crippen LogP contribution in [0, 0.1) is 5.82 Å². The molecule has 3 rings (SSSR count). The quantitative estimate of drug-likeness (QED) is 0.941. The molecule has 0 unspecified atom stereocenters. The molecule has 0 aromatic heterocycles. The first-order valence-corrected chi connectivity index (χ1v) is 7.64. The summed E-state index contributed by atoms with van der Waals surface area (Å²) in [4.78, 5) is 1.49. The molecule has 21 heavy (non-hydrogen) atoms. The molecule has 0 fully saturated rings. The fraction of sp³-hybridized carbons (Fsp3) is 0.250. The number of nitrogens with two attached hydrogens (primary N) is 1. The molecule has 1 aliphatic rings. The molecule has 0 spiro atoms. The molecule has 1 aliphatic heterocycles. The fourth-order valence-electron chi connectivity index (χ4n) is 2.09. The summed E-state index contributed by atoms with van der Waals surface area (Å²) in [5.41, 5.74) is 6.30. The number of benzene rings is 2. The van der Waals surface area contributed by atoms with E-state index in [1.165, 1.54) is 17.8 Å². The van der Waals surface area contributed by atoms with Gasteiger partial charge in [-0.1, -0.05) is 17.8 Å². The van der Waals surface area contributed by atoms with Crippen molar-refractivity contribution in [2.24, 2.45) is 5.73 Å². The number of hydrogen-bond acceptors (Lipinski definition) is 4. The number of fused-ring (bicyclic) bond motifs is 1. The number of hydrogen-bond donors (Lipinski definition) is 1. The summed E-state index contributed by atoms with van der Waals surface area (Å²) in [6, 6.07) is 10.7. The molecular weight excluding hydrogens is 289 g/mol. The summed E-state index contributed by atoms with van der Waals surface area (Å²) in [5, 5.41) is 0. The summed E-state index contributed by atoms with van der Waals surface area (Å²) in [7, 11) is 0. The first kappa shape index (κ1) is 14.2. The van der Waals surface area contributed by atoms with Gasteiger partial charge in [0.05, 0.1) is 13.2 Å². The van der Waals surface area contributed by atoms with E-state index >= 15 is 0 Å². The van der Waals surface area contributed by atoms with Gasteiger partial charge in [-0.15, -0.1) is 0 Å². The Hall–Kier alpha value is -1.72. The maximum Gasteiger partial charge on any atom is 0.162 e. The molecule has 3 nitrogen and oxygen atoms in total. The van der Waals surface area contributed by atoms with E-state index in [0.29, 0.717) is 24.7 Å². The van der Waals surface area contributed by atoms with E-state index in [4.69, 9.17) is 15.2 Å². The number of rotatable bonds is 3. The Kier molecular flexibility index (Phi) is 4.31. The Morgan fingerprint density at radius 2 is 1.86 bits per heavy atom. The van der Waals surface area contributed by atoms with Gasteiger partial charge >= 0.3 is 0 Å². The van der Waals surface area contributed by atoms with Gasteiger partial charge in [0.25, 0.3) is 0 Å². The van der Waals surface area contributed by atoms with Crippen molar-refractivity contribution >= 4 is 11.8 Å². The van der Waals surface area contributed by atoms with Crippen LogP contribution in [0.3, 0.4) is 0 Å².